The summed E-state index contributed by atoms with van der Waals surface area (Å²) in [6, 6.07) is 0.914. The molecule has 1 aliphatic heterocycles. The lowest BCUT2D eigenvalue weighted by Crippen LogP contribution is -2.50. The summed E-state index contributed by atoms with van der Waals surface area (Å²) in [7, 11) is 0. The molecule has 1 heterocycles. The number of nitrogens with zero attached hydrogens (tertiary/aromatic N) is 1. The third kappa shape index (κ3) is 1.99. The summed E-state index contributed by atoms with van der Waals surface area (Å²) in [6.45, 7) is 10.2. The molecule has 0 aromatic heterocycles. The van der Waals surface area contributed by atoms with Crippen LogP contribution in [-0.2, 0) is 0 Å². The Hall–Kier alpha value is -0.0800. The molecule has 0 radical (unpaired) electrons. The Labute approximate surface area is 76.1 Å². The quantitative estimate of drug-likeness (QED) is 0.647. The van der Waals surface area contributed by atoms with Gasteiger partial charge >= 0.3 is 0 Å². The zero-order chi connectivity index (χ0) is 9.35. The summed E-state index contributed by atoms with van der Waals surface area (Å²) < 4.78 is 0. The fourth-order valence-corrected chi connectivity index (χ4v) is 2.17. The van der Waals surface area contributed by atoms with Gasteiger partial charge in [-0.3, -0.25) is 4.90 Å². The monoisotopic (exact) mass is 170 g/mol. The zero-order valence-electron chi connectivity index (χ0n) is 8.80. The van der Waals surface area contributed by atoms with E-state index in [0.717, 1.165) is 0 Å². The second-order valence-corrected chi connectivity index (χ2v) is 4.93. The molecule has 2 N–H and O–H groups in total. The average molecular weight is 170 g/mol. The third-order valence-electron chi connectivity index (χ3n) is 2.77. The molecule has 1 fully saturated rings. The van der Waals surface area contributed by atoms with Crippen LogP contribution in [0, 0.1) is 0 Å². The predicted molar refractivity (Wildman–Crippen MR) is 53.1 cm³/mol. The first-order valence-electron chi connectivity index (χ1n) is 4.95. The van der Waals surface area contributed by atoms with Gasteiger partial charge in [-0.05, 0) is 47.1 Å². The van der Waals surface area contributed by atoms with Crippen LogP contribution in [0.3, 0.4) is 0 Å². The molecule has 1 rings (SSSR count). The Kier molecular flexibility index (Phi) is 2.79. The van der Waals surface area contributed by atoms with Crippen molar-refractivity contribution in [1.82, 2.24) is 4.90 Å². The van der Waals surface area contributed by atoms with Gasteiger partial charge in [0.2, 0.25) is 0 Å². The van der Waals surface area contributed by atoms with E-state index in [4.69, 9.17) is 5.73 Å². The summed E-state index contributed by atoms with van der Waals surface area (Å²) in [5.74, 6) is 0. The van der Waals surface area contributed by atoms with Crippen LogP contribution in [0.1, 0.15) is 40.5 Å². The van der Waals surface area contributed by atoms with Gasteiger partial charge in [-0.15, -0.1) is 0 Å². The Morgan fingerprint density at radius 3 is 2.33 bits per heavy atom. The largest absolute Gasteiger partial charge is 0.327 e. The van der Waals surface area contributed by atoms with Gasteiger partial charge in [0.05, 0.1) is 0 Å². The molecular formula is C10H22N2. The molecule has 0 amide bonds. The minimum Gasteiger partial charge on any atom is -0.327 e. The minimum atomic E-state index is 0.287. The first-order valence-corrected chi connectivity index (χ1v) is 4.95. The van der Waals surface area contributed by atoms with Crippen molar-refractivity contribution in [3.8, 4) is 0 Å². The van der Waals surface area contributed by atoms with Crippen LogP contribution in [0.2, 0.25) is 0 Å². The van der Waals surface area contributed by atoms with Gasteiger partial charge in [-0.25, -0.2) is 0 Å². The van der Waals surface area contributed by atoms with E-state index in [2.05, 4.69) is 32.6 Å². The van der Waals surface area contributed by atoms with Crippen molar-refractivity contribution in [1.29, 1.82) is 0 Å². The maximum absolute atomic E-state index is 5.94. The molecule has 0 aromatic rings. The standard InChI is InChI=1S/C10H22N2/c1-8(11)9-6-5-7-12(9)10(2,3)4/h8-9H,5-7,11H2,1-4H3. The smallest absolute Gasteiger partial charge is 0.0250 e. The lowest BCUT2D eigenvalue weighted by atomic mass is 10.0. The fourth-order valence-electron chi connectivity index (χ4n) is 2.17. The Morgan fingerprint density at radius 2 is 2.00 bits per heavy atom. The van der Waals surface area contributed by atoms with Crippen molar-refractivity contribution in [3.63, 3.8) is 0 Å². The number of likely N-dealkylation sites (tertiary alicyclic amines) is 1. The topological polar surface area (TPSA) is 29.3 Å². The van der Waals surface area contributed by atoms with Gasteiger partial charge in [-0.2, -0.15) is 0 Å². The molecular weight excluding hydrogens is 148 g/mol. The Bertz CT molecular complexity index is 146. The number of nitrogens with two attached hydrogens (primary N) is 1. The highest BCUT2D eigenvalue weighted by molar-refractivity contribution is 4.91. The molecule has 2 nitrogen and oxygen atoms in total. The fraction of sp³-hybridized carbons (Fsp3) is 1.00. The maximum atomic E-state index is 5.94. The van der Waals surface area contributed by atoms with Gasteiger partial charge in [-0.1, -0.05) is 0 Å². The van der Waals surface area contributed by atoms with Crippen LogP contribution < -0.4 is 5.73 Å². The number of rotatable bonds is 1. The minimum absolute atomic E-state index is 0.287. The van der Waals surface area contributed by atoms with E-state index in [1.54, 1.807) is 0 Å². The van der Waals surface area contributed by atoms with Crippen LogP contribution in [0.25, 0.3) is 0 Å². The highest BCUT2D eigenvalue weighted by atomic mass is 15.2. The molecule has 0 aromatic carbocycles. The van der Waals surface area contributed by atoms with Gasteiger partial charge < -0.3 is 5.73 Å². The van der Waals surface area contributed by atoms with Gasteiger partial charge in [0.1, 0.15) is 0 Å². The van der Waals surface area contributed by atoms with E-state index in [1.807, 2.05) is 0 Å². The molecule has 2 atom stereocenters. The SMILES string of the molecule is CC(N)C1CCCN1C(C)(C)C. The number of hydrogen-bond acceptors (Lipinski definition) is 2. The lowest BCUT2D eigenvalue weighted by molar-refractivity contribution is 0.109. The van der Waals surface area contributed by atoms with E-state index in [-0.39, 0.29) is 5.54 Å². The molecule has 72 valence electrons. The van der Waals surface area contributed by atoms with Gasteiger partial charge in [0, 0.05) is 17.6 Å². The molecule has 0 bridgehead atoms. The second-order valence-electron chi connectivity index (χ2n) is 4.93. The molecule has 0 aliphatic carbocycles. The van der Waals surface area contributed by atoms with Gasteiger partial charge in [0.25, 0.3) is 0 Å². The summed E-state index contributed by atoms with van der Waals surface area (Å²) >= 11 is 0. The van der Waals surface area contributed by atoms with Crippen molar-refractivity contribution >= 4 is 0 Å². The van der Waals surface area contributed by atoms with Crippen molar-refractivity contribution in [2.75, 3.05) is 6.54 Å². The van der Waals surface area contributed by atoms with E-state index in [1.165, 1.54) is 19.4 Å². The molecule has 1 aliphatic rings. The van der Waals surface area contributed by atoms with Crippen LogP contribution in [-0.4, -0.2) is 29.1 Å². The second kappa shape index (κ2) is 3.35. The molecule has 2 heteroatoms. The van der Waals surface area contributed by atoms with Crippen molar-refractivity contribution in [3.05, 3.63) is 0 Å². The highest BCUT2D eigenvalue weighted by Crippen LogP contribution is 2.27. The van der Waals surface area contributed by atoms with Crippen LogP contribution >= 0.6 is 0 Å². The highest BCUT2D eigenvalue weighted by Gasteiger charge is 2.34. The molecule has 1 saturated heterocycles. The molecule has 0 saturated carbocycles. The number of hydrogen-bond donors (Lipinski definition) is 1. The van der Waals surface area contributed by atoms with E-state index in [9.17, 15) is 0 Å². The van der Waals surface area contributed by atoms with Crippen LogP contribution in [0.15, 0.2) is 0 Å². The van der Waals surface area contributed by atoms with Gasteiger partial charge in [0.15, 0.2) is 0 Å². The zero-order valence-corrected chi connectivity index (χ0v) is 8.80. The molecule has 0 spiro atoms. The lowest BCUT2D eigenvalue weighted by Gasteiger charge is -2.38. The van der Waals surface area contributed by atoms with Crippen LogP contribution in [0.5, 0.6) is 0 Å². The first kappa shape index (κ1) is 10.0. The van der Waals surface area contributed by atoms with Crippen LogP contribution in [0.4, 0.5) is 0 Å². The predicted octanol–water partition coefficient (Wildman–Crippen LogP) is 1.60. The Balaban J connectivity index is 2.64. The summed E-state index contributed by atoms with van der Waals surface area (Å²) in [6.07, 6.45) is 2.58. The van der Waals surface area contributed by atoms with E-state index >= 15 is 0 Å². The Morgan fingerprint density at radius 1 is 1.42 bits per heavy atom. The average Bonchev–Trinajstić information content (AvgIpc) is 2.30. The summed E-state index contributed by atoms with van der Waals surface area (Å²) in [5.41, 5.74) is 6.23. The molecule has 12 heavy (non-hydrogen) atoms. The van der Waals surface area contributed by atoms with E-state index < -0.39 is 0 Å². The third-order valence-corrected chi connectivity index (χ3v) is 2.77. The van der Waals surface area contributed by atoms with E-state index in [0.29, 0.717) is 12.1 Å². The summed E-state index contributed by atoms with van der Waals surface area (Å²) in [5, 5.41) is 0. The normalized spacial score (nSPS) is 29.2. The van der Waals surface area contributed by atoms with Crippen molar-refractivity contribution in [2.45, 2.75) is 58.2 Å². The van der Waals surface area contributed by atoms with Crippen molar-refractivity contribution < 1.29 is 0 Å². The summed E-state index contributed by atoms with van der Waals surface area (Å²) in [4.78, 5) is 2.54. The molecule has 2 unspecified atom stereocenters. The first-order chi connectivity index (χ1) is 5.43. The van der Waals surface area contributed by atoms with Crippen molar-refractivity contribution in [2.24, 2.45) is 5.73 Å². The maximum Gasteiger partial charge on any atom is 0.0250 e.